The van der Waals surface area contributed by atoms with E-state index in [1.54, 1.807) is 0 Å². The van der Waals surface area contributed by atoms with Crippen molar-refractivity contribution in [3.63, 3.8) is 0 Å². The van der Waals surface area contributed by atoms with Gasteiger partial charge in [-0.05, 0) is 19.4 Å². The highest BCUT2D eigenvalue weighted by Crippen LogP contribution is 2.13. The molecule has 2 unspecified atom stereocenters. The Morgan fingerprint density at radius 1 is 1.60 bits per heavy atom. The number of hydrogen-bond donors (Lipinski definition) is 2. The molecule has 1 aliphatic heterocycles. The van der Waals surface area contributed by atoms with E-state index in [0.29, 0.717) is 0 Å². The highest BCUT2D eigenvalue weighted by Gasteiger charge is 2.27. The molecule has 0 aliphatic carbocycles. The van der Waals surface area contributed by atoms with Gasteiger partial charge in [-0.25, -0.2) is 4.98 Å². The van der Waals surface area contributed by atoms with E-state index in [2.05, 4.69) is 26.8 Å². The van der Waals surface area contributed by atoms with Crippen LogP contribution < -0.4 is 11.3 Å². The lowest BCUT2D eigenvalue weighted by Crippen LogP contribution is -2.54. The lowest BCUT2D eigenvalue weighted by Gasteiger charge is -2.36. The molecule has 20 heavy (non-hydrogen) atoms. The first-order valence-corrected chi connectivity index (χ1v) is 7.51. The Hall–Kier alpha value is -0.950. The fraction of sp³-hybridized carbons (Fsp3) is 0.786. The molecular formula is C14H27N5O. The topological polar surface area (TPSA) is 68.3 Å². The molecule has 0 aromatic carbocycles. The maximum Gasteiger partial charge on any atom is 0.108 e. The van der Waals surface area contributed by atoms with Crippen molar-refractivity contribution in [3.8, 4) is 0 Å². The van der Waals surface area contributed by atoms with Crippen LogP contribution in [0.3, 0.4) is 0 Å². The van der Waals surface area contributed by atoms with Crippen LogP contribution in [0.1, 0.15) is 25.6 Å². The molecule has 1 aromatic rings. The number of nitrogens with one attached hydrogen (secondary N) is 1. The van der Waals surface area contributed by atoms with Gasteiger partial charge in [-0.2, -0.15) is 0 Å². The molecule has 114 valence electrons. The van der Waals surface area contributed by atoms with E-state index in [1.807, 2.05) is 19.4 Å². The van der Waals surface area contributed by atoms with Crippen molar-refractivity contribution in [3.05, 3.63) is 18.2 Å². The van der Waals surface area contributed by atoms with E-state index >= 15 is 0 Å². The number of nitrogens with zero attached hydrogens (tertiary/aromatic N) is 3. The quantitative estimate of drug-likeness (QED) is 0.555. The van der Waals surface area contributed by atoms with Gasteiger partial charge in [-0.15, -0.1) is 0 Å². The lowest BCUT2D eigenvalue weighted by atomic mass is 10.0. The lowest BCUT2D eigenvalue weighted by molar-refractivity contribution is -0.0476. The summed E-state index contributed by atoms with van der Waals surface area (Å²) in [4.78, 5) is 6.81. The summed E-state index contributed by atoms with van der Waals surface area (Å²) in [5, 5.41) is 0. The predicted molar refractivity (Wildman–Crippen MR) is 79.1 cm³/mol. The molecule has 0 amide bonds. The Balaban J connectivity index is 1.85. The van der Waals surface area contributed by atoms with Crippen LogP contribution in [0.2, 0.25) is 0 Å². The summed E-state index contributed by atoms with van der Waals surface area (Å²) in [6.45, 7) is 6.14. The van der Waals surface area contributed by atoms with Gasteiger partial charge in [0.2, 0.25) is 0 Å². The SMILES string of the molecule is CCCN1CCOC(C(CCc2nccn2C)NN)C1. The Labute approximate surface area is 121 Å². The molecule has 3 N–H and O–H groups in total. The molecule has 0 saturated carbocycles. The molecule has 6 heteroatoms. The normalized spacial score (nSPS) is 22.1. The van der Waals surface area contributed by atoms with Crippen LogP contribution in [0, 0.1) is 0 Å². The van der Waals surface area contributed by atoms with E-state index < -0.39 is 0 Å². The first-order valence-electron chi connectivity index (χ1n) is 7.51. The summed E-state index contributed by atoms with van der Waals surface area (Å²) in [6, 6.07) is 0.173. The molecule has 1 saturated heterocycles. The second kappa shape index (κ2) is 7.73. The van der Waals surface area contributed by atoms with Crippen molar-refractivity contribution in [2.24, 2.45) is 12.9 Å². The summed E-state index contributed by atoms with van der Waals surface area (Å²) < 4.78 is 7.95. The number of aromatic nitrogens is 2. The smallest absolute Gasteiger partial charge is 0.108 e. The summed E-state index contributed by atoms with van der Waals surface area (Å²) in [6.07, 6.45) is 7.00. The van der Waals surface area contributed by atoms with Gasteiger partial charge < -0.3 is 9.30 Å². The molecule has 1 fully saturated rings. The molecule has 1 aliphatic rings. The maximum atomic E-state index is 5.90. The Morgan fingerprint density at radius 3 is 3.10 bits per heavy atom. The summed E-state index contributed by atoms with van der Waals surface area (Å²) in [7, 11) is 2.02. The summed E-state index contributed by atoms with van der Waals surface area (Å²) in [5.74, 6) is 6.81. The second-order valence-electron chi connectivity index (χ2n) is 5.48. The average molecular weight is 281 g/mol. The molecule has 6 nitrogen and oxygen atoms in total. The van der Waals surface area contributed by atoms with Crippen LogP contribution in [0.15, 0.2) is 12.4 Å². The van der Waals surface area contributed by atoms with E-state index in [4.69, 9.17) is 10.6 Å². The average Bonchev–Trinajstić information content (AvgIpc) is 2.86. The van der Waals surface area contributed by atoms with Gasteiger partial charge in [0.25, 0.3) is 0 Å². The van der Waals surface area contributed by atoms with Crippen molar-refractivity contribution < 1.29 is 4.74 Å². The van der Waals surface area contributed by atoms with Crippen molar-refractivity contribution in [2.45, 2.75) is 38.3 Å². The van der Waals surface area contributed by atoms with Gasteiger partial charge >= 0.3 is 0 Å². The molecule has 0 spiro atoms. The zero-order valence-corrected chi connectivity index (χ0v) is 12.6. The predicted octanol–water partition coefficient (Wildman–Crippen LogP) is 0.295. The monoisotopic (exact) mass is 281 g/mol. The number of rotatable bonds is 7. The van der Waals surface area contributed by atoms with Gasteiger partial charge in [-0.3, -0.25) is 16.2 Å². The fourth-order valence-corrected chi connectivity index (χ4v) is 2.79. The van der Waals surface area contributed by atoms with Gasteiger partial charge in [0.15, 0.2) is 0 Å². The molecule has 1 aromatic heterocycles. The van der Waals surface area contributed by atoms with Crippen LogP contribution in [0.25, 0.3) is 0 Å². The van der Waals surface area contributed by atoms with Crippen LogP contribution >= 0.6 is 0 Å². The summed E-state index contributed by atoms with van der Waals surface area (Å²) >= 11 is 0. The van der Waals surface area contributed by atoms with Gasteiger partial charge in [-0.1, -0.05) is 6.92 Å². The van der Waals surface area contributed by atoms with E-state index in [1.165, 1.54) is 6.42 Å². The molecule has 0 bridgehead atoms. The van der Waals surface area contributed by atoms with Crippen LogP contribution in [0.5, 0.6) is 0 Å². The largest absolute Gasteiger partial charge is 0.374 e. The maximum absolute atomic E-state index is 5.90. The fourth-order valence-electron chi connectivity index (χ4n) is 2.79. The van der Waals surface area contributed by atoms with Gasteiger partial charge in [0, 0.05) is 45.0 Å². The number of aryl methyl sites for hydroxylation is 2. The minimum absolute atomic E-state index is 0.167. The molecular weight excluding hydrogens is 254 g/mol. The first-order chi connectivity index (χ1) is 9.74. The first kappa shape index (κ1) is 15.4. The zero-order chi connectivity index (χ0) is 14.4. The van der Waals surface area contributed by atoms with Crippen LogP contribution in [0.4, 0.5) is 0 Å². The second-order valence-corrected chi connectivity index (χ2v) is 5.48. The van der Waals surface area contributed by atoms with Gasteiger partial charge in [0.1, 0.15) is 5.82 Å². The molecule has 2 atom stereocenters. The number of hydrazine groups is 1. The number of morpholine rings is 1. The third-order valence-corrected chi connectivity index (χ3v) is 3.98. The molecule has 2 rings (SSSR count). The standard InChI is InChI=1S/C14H27N5O/c1-3-7-19-9-10-20-13(11-19)12(17-15)4-5-14-16-6-8-18(14)2/h6,8,12-13,17H,3-5,7,9-11,15H2,1-2H3. The van der Waals surface area contributed by atoms with Crippen LogP contribution in [-0.4, -0.2) is 52.8 Å². The van der Waals surface area contributed by atoms with Crippen molar-refractivity contribution in [1.82, 2.24) is 19.9 Å². The van der Waals surface area contributed by atoms with Crippen molar-refractivity contribution >= 4 is 0 Å². The van der Waals surface area contributed by atoms with E-state index in [-0.39, 0.29) is 12.1 Å². The Bertz CT molecular complexity index is 393. The van der Waals surface area contributed by atoms with Crippen molar-refractivity contribution in [2.75, 3.05) is 26.2 Å². The van der Waals surface area contributed by atoms with E-state index in [0.717, 1.165) is 44.9 Å². The van der Waals surface area contributed by atoms with Gasteiger partial charge in [0.05, 0.1) is 12.7 Å². The third-order valence-electron chi connectivity index (χ3n) is 3.98. The zero-order valence-electron chi connectivity index (χ0n) is 12.6. The summed E-state index contributed by atoms with van der Waals surface area (Å²) in [5.41, 5.74) is 2.93. The highest BCUT2D eigenvalue weighted by atomic mass is 16.5. The Kier molecular flexibility index (Phi) is 5.97. The van der Waals surface area contributed by atoms with Crippen molar-refractivity contribution in [1.29, 1.82) is 0 Å². The Morgan fingerprint density at radius 2 is 2.45 bits per heavy atom. The number of imidazole rings is 1. The van der Waals surface area contributed by atoms with Crippen LogP contribution in [-0.2, 0) is 18.2 Å². The molecule has 0 radical (unpaired) electrons. The highest BCUT2D eigenvalue weighted by molar-refractivity contribution is 4.93. The van der Waals surface area contributed by atoms with E-state index in [9.17, 15) is 0 Å². The third kappa shape index (κ3) is 4.02. The molecule has 2 heterocycles. The minimum atomic E-state index is 0.167. The number of ether oxygens (including phenoxy) is 1. The number of nitrogens with two attached hydrogens (primary N) is 1. The minimum Gasteiger partial charge on any atom is -0.374 e. The number of hydrogen-bond acceptors (Lipinski definition) is 5.